The number of aryl methyl sites for hydroxylation is 2. The molecule has 1 amide bonds. The van der Waals surface area contributed by atoms with Crippen molar-refractivity contribution in [1.29, 1.82) is 0 Å². The second-order valence-corrected chi connectivity index (χ2v) is 8.26. The summed E-state index contributed by atoms with van der Waals surface area (Å²) < 4.78 is 19.5. The molecule has 0 saturated carbocycles. The van der Waals surface area contributed by atoms with Gasteiger partial charge in [0.15, 0.2) is 12.6 Å². The van der Waals surface area contributed by atoms with Gasteiger partial charge in [-0.15, -0.1) is 0 Å². The van der Waals surface area contributed by atoms with E-state index in [1.807, 2.05) is 37.3 Å². The molecule has 0 radical (unpaired) electrons. The van der Waals surface area contributed by atoms with Crippen LogP contribution in [0.5, 0.6) is 0 Å². The van der Waals surface area contributed by atoms with Crippen molar-refractivity contribution in [2.45, 2.75) is 46.3 Å². The number of rotatable bonds is 7. The molecule has 1 unspecified atom stereocenters. The number of quaternary nitrogens is 1. The third-order valence-corrected chi connectivity index (χ3v) is 6.09. The third-order valence-electron chi connectivity index (χ3n) is 6.09. The maximum absolute atomic E-state index is 13.6. The molecular formula is C24H30FN2O3+. The Labute approximate surface area is 177 Å². The van der Waals surface area contributed by atoms with Crippen molar-refractivity contribution < 1.29 is 23.2 Å². The zero-order valence-corrected chi connectivity index (χ0v) is 17.9. The molecule has 1 aliphatic rings. The molecule has 2 aromatic carbocycles. The summed E-state index contributed by atoms with van der Waals surface area (Å²) in [6.45, 7) is 7.33. The minimum Gasteiger partial charge on any atom is -0.457 e. The Hall–Kier alpha value is -2.73. The van der Waals surface area contributed by atoms with Crippen LogP contribution in [0, 0.1) is 19.7 Å². The van der Waals surface area contributed by atoms with Gasteiger partial charge in [0.05, 0.1) is 13.1 Å². The third kappa shape index (κ3) is 5.05. The van der Waals surface area contributed by atoms with Gasteiger partial charge in [-0.05, 0) is 49.6 Å². The number of hydrogen-bond donors (Lipinski definition) is 1. The highest BCUT2D eigenvalue weighted by Gasteiger charge is 2.43. The fourth-order valence-corrected chi connectivity index (χ4v) is 4.27. The lowest BCUT2D eigenvalue weighted by Crippen LogP contribution is -2.59. The van der Waals surface area contributed by atoms with E-state index in [0.717, 1.165) is 31.5 Å². The van der Waals surface area contributed by atoms with Crippen LogP contribution in [-0.2, 0) is 20.9 Å². The summed E-state index contributed by atoms with van der Waals surface area (Å²) in [7, 11) is 0. The lowest BCUT2D eigenvalue weighted by atomic mass is 10.1. The molecule has 160 valence electrons. The van der Waals surface area contributed by atoms with Crippen molar-refractivity contribution >= 4 is 17.6 Å². The fourth-order valence-electron chi connectivity index (χ4n) is 4.27. The lowest BCUT2D eigenvalue weighted by molar-refractivity contribution is -0.922. The smallest absolute Gasteiger partial charge is 0.362 e. The van der Waals surface area contributed by atoms with Crippen molar-refractivity contribution in [2.75, 3.05) is 25.0 Å². The average Bonchev–Trinajstić information content (AvgIpc) is 3.18. The van der Waals surface area contributed by atoms with Gasteiger partial charge in [0.25, 0.3) is 5.91 Å². The highest BCUT2D eigenvalue weighted by molar-refractivity contribution is 5.95. The molecule has 1 saturated heterocycles. The monoisotopic (exact) mass is 413 g/mol. The van der Waals surface area contributed by atoms with Crippen LogP contribution in [0.1, 0.15) is 36.5 Å². The molecule has 1 N–H and O–H groups in total. The highest BCUT2D eigenvalue weighted by atomic mass is 19.1. The Kier molecular flexibility index (Phi) is 6.87. The van der Waals surface area contributed by atoms with Crippen molar-refractivity contribution in [3.8, 4) is 0 Å². The normalized spacial score (nSPS) is 16.1. The summed E-state index contributed by atoms with van der Waals surface area (Å²) in [5, 5.41) is 2.96. The molecule has 1 atom stereocenters. The van der Waals surface area contributed by atoms with E-state index in [2.05, 4.69) is 5.32 Å². The number of nitrogens with zero attached hydrogens (tertiary/aromatic N) is 1. The molecule has 0 spiro atoms. The number of nitrogens with one attached hydrogen (secondary N) is 1. The van der Waals surface area contributed by atoms with Crippen LogP contribution in [0.15, 0.2) is 42.5 Å². The summed E-state index contributed by atoms with van der Waals surface area (Å²) in [6.07, 6.45) is 1.94. The maximum Gasteiger partial charge on any atom is 0.362 e. The molecule has 0 bridgehead atoms. The predicted octanol–water partition coefficient (Wildman–Crippen LogP) is 4.12. The zero-order chi connectivity index (χ0) is 21.7. The molecule has 6 heteroatoms. The molecule has 3 rings (SSSR count). The van der Waals surface area contributed by atoms with Crippen LogP contribution in [0.25, 0.3) is 0 Å². The number of hydrogen-bond acceptors (Lipinski definition) is 3. The van der Waals surface area contributed by atoms with Crippen LogP contribution >= 0.6 is 0 Å². The zero-order valence-electron chi connectivity index (χ0n) is 17.9. The Bertz CT molecular complexity index is 885. The van der Waals surface area contributed by atoms with Crippen molar-refractivity contribution in [3.05, 3.63) is 65.0 Å². The standard InChI is InChI=1S/C24H29FN2O3/c1-17-13-21(25)14-18(2)23(17)26-24(29)19(3)27(11-7-8-12-27)15-22(28)30-16-20-9-5-4-6-10-20/h4-6,9-10,13-14,19H,7-8,11-12,15-16H2,1-3H3/p+1. The number of anilines is 1. The quantitative estimate of drug-likeness (QED) is 0.549. The topological polar surface area (TPSA) is 55.4 Å². The van der Waals surface area contributed by atoms with E-state index in [4.69, 9.17) is 4.74 Å². The summed E-state index contributed by atoms with van der Waals surface area (Å²) in [4.78, 5) is 25.7. The maximum atomic E-state index is 13.6. The minimum atomic E-state index is -0.416. The largest absolute Gasteiger partial charge is 0.457 e. The molecule has 2 aromatic rings. The number of likely N-dealkylation sites (tertiary alicyclic amines) is 1. The van der Waals surface area contributed by atoms with Crippen LogP contribution < -0.4 is 5.32 Å². The average molecular weight is 414 g/mol. The van der Waals surface area contributed by atoms with Crippen molar-refractivity contribution in [1.82, 2.24) is 0 Å². The molecule has 1 aliphatic heterocycles. The van der Waals surface area contributed by atoms with Gasteiger partial charge in [-0.2, -0.15) is 0 Å². The molecule has 1 heterocycles. The predicted molar refractivity (Wildman–Crippen MR) is 114 cm³/mol. The van der Waals surface area contributed by atoms with Crippen LogP contribution in [0.2, 0.25) is 0 Å². The van der Waals surface area contributed by atoms with Crippen LogP contribution in [0.4, 0.5) is 10.1 Å². The number of benzene rings is 2. The van der Waals surface area contributed by atoms with E-state index in [-0.39, 0.29) is 30.8 Å². The molecule has 1 fully saturated rings. The molecule has 30 heavy (non-hydrogen) atoms. The Morgan fingerprint density at radius 2 is 1.70 bits per heavy atom. The van der Waals surface area contributed by atoms with Gasteiger partial charge in [-0.25, -0.2) is 9.18 Å². The van der Waals surface area contributed by atoms with Crippen LogP contribution in [-0.4, -0.2) is 42.0 Å². The summed E-state index contributed by atoms with van der Waals surface area (Å²) in [6, 6.07) is 12.0. The van der Waals surface area contributed by atoms with E-state index in [1.165, 1.54) is 12.1 Å². The summed E-state index contributed by atoms with van der Waals surface area (Å²) in [5.74, 6) is -0.777. The Balaban J connectivity index is 1.68. The number of carbonyl (C=O) groups excluding carboxylic acids is 2. The number of esters is 1. The SMILES string of the molecule is Cc1cc(F)cc(C)c1NC(=O)C(C)[N+]1(CC(=O)OCc2ccccc2)CCCC1. The summed E-state index contributed by atoms with van der Waals surface area (Å²) >= 11 is 0. The fraction of sp³-hybridized carbons (Fsp3) is 0.417. The number of ether oxygens (including phenoxy) is 1. The first-order valence-corrected chi connectivity index (χ1v) is 10.4. The van der Waals surface area contributed by atoms with E-state index in [9.17, 15) is 14.0 Å². The van der Waals surface area contributed by atoms with Crippen molar-refractivity contribution in [3.63, 3.8) is 0 Å². The number of amides is 1. The van der Waals surface area contributed by atoms with Gasteiger partial charge >= 0.3 is 5.97 Å². The number of carbonyl (C=O) groups is 2. The second-order valence-electron chi connectivity index (χ2n) is 8.26. The molecule has 5 nitrogen and oxygen atoms in total. The van der Waals surface area contributed by atoms with Gasteiger partial charge in [-0.3, -0.25) is 4.79 Å². The highest BCUT2D eigenvalue weighted by Crippen LogP contribution is 2.27. The Morgan fingerprint density at radius 1 is 1.10 bits per heavy atom. The van der Waals surface area contributed by atoms with E-state index < -0.39 is 6.04 Å². The van der Waals surface area contributed by atoms with Gasteiger partial charge in [0, 0.05) is 18.5 Å². The first kappa shape index (κ1) is 22.0. The Morgan fingerprint density at radius 3 is 2.30 bits per heavy atom. The minimum absolute atomic E-state index is 0.162. The van der Waals surface area contributed by atoms with Gasteiger partial charge in [0.2, 0.25) is 0 Å². The van der Waals surface area contributed by atoms with Gasteiger partial charge in [0.1, 0.15) is 12.4 Å². The second kappa shape index (κ2) is 9.39. The van der Waals surface area contributed by atoms with E-state index in [0.29, 0.717) is 21.3 Å². The van der Waals surface area contributed by atoms with Gasteiger partial charge in [-0.1, -0.05) is 30.3 Å². The van der Waals surface area contributed by atoms with Crippen molar-refractivity contribution in [2.24, 2.45) is 0 Å². The summed E-state index contributed by atoms with van der Waals surface area (Å²) in [5.41, 5.74) is 2.94. The molecule has 0 aromatic heterocycles. The first-order chi connectivity index (χ1) is 14.3. The first-order valence-electron chi connectivity index (χ1n) is 10.4. The van der Waals surface area contributed by atoms with E-state index >= 15 is 0 Å². The number of halogens is 1. The van der Waals surface area contributed by atoms with Crippen LogP contribution in [0.3, 0.4) is 0 Å². The lowest BCUT2D eigenvalue weighted by Gasteiger charge is -2.38. The molecule has 0 aliphatic carbocycles. The van der Waals surface area contributed by atoms with E-state index in [1.54, 1.807) is 13.8 Å². The molecular weight excluding hydrogens is 383 g/mol. The van der Waals surface area contributed by atoms with Gasteiger partial charge < -0.3 is 14.5 Å².